The second-order valence-corrected chi connectivity index (χ2v) is 8.16. The molecule has 24 heavy (non-hydrogen) atoms. The summed E-state index contributed by atoms with van der Waals surface area (Å²) in [5.41, 5.74) is 1.15. The third-order valence-corrected chi connectivity index (χ3v) is 5.78. The maximum Gasteiger partial charge on any atom is 0.290 e. The van der Waals surface area contributed by atoms with Crippen molar-refractivity contribution in [3.8, 4) is 0 Å². The Morgan fingerprint density at radius 1 is 1.38 bits per heavy atom. The molecule has 2 aliphatic rings. The van der Waals surface area contributed by atoms with Crippen LogP contribution < -0.4 is 0 Å². The summed E-state index contributed by atoms with van der Waals surface area (Å²) in [6, 6.07) is 0. The average molecular weight is 338 g/mol. The molecule has 5 nitrogen and oxygen atoms in total. The highest BCUT2D eigenvalue weighted by molar-refractivity contribution is 5.79. The van der Waals surface area contributed by atoms with Gasteiger partial charge >= 0.3 is 0 Å². The summed E-state index contributed by atoms with van der Waals surface area (Å²) in [4.78, 5) is 20.2. The highest BCUT2D eigenvalue weighted by Crippen LogP contribution is 2.45. The number of likely N-dealkylation sites (N-methyl/N-ethyl adjacent to an activating group) is 1. The van der Waals surface area contributed by atoms with Crippen LogP contribution in [0.25, 0.3) is 0 Å². The van der Waals surface area contributed by atoms with Crippen LogP contribution in [0.2, 0.25) is 0 Å². The Morgan fingerprint density at radius 3 is 2.62 bits per heavy atom. The molecule has 4 atom stereocenters. The van der Waals surface area contributed by atoms with Crippen LogP contribution in [0.4, 0.5) is 0 Å². The number of hydrogen-bond donors (Lipinski definition) is 0. The van der Waals surface area contributed by atoms with Crippen molar-refractivity contribution >= 4 is 5.91 Å². The average Bonchev–Trinajstić information content (AvgIpc) is 2.51. The molecule has 0 unspecified atom stereocenters. The van der Waals surface area contributed by atoms with E-state index in [1.165, 1.54) is 24.2 Å². The fourth-order valence-corrected chi connectivity index (χ4v) is 4.09. The maximum atomic E-state index is 12.8. The smallest absolute Gasteiger partial charge is 0.290 e. The largest absolute Gasteiger partial charge is 0.350 e. The van der Waals surface area contributed by atoms with Gasteiger partial charge in [-0.25, -0.2) is 5.06 Å². The number of ether oxygens (including phenoxy) is 1. The highest BCUT2D eigenvalue weighted by atomic mass is 16.7. The van der Waals surface area contributed by atoms with E-state index in [1.807, 2.05) is 0 Å². The standard InChI is InChI=1S/C19H34N2O3/c1-13(2)10-11-21-18(17(22)20(6)23-7)24-16-12-14(3)8-9-15(16)19(21,4)5/h10,14-16,18H,8-9,11-12H2,1-7H3/t14-,15-,16-,18+/m1/s1. The number of carbonyl (C=O) groups is 1. The summed E-state index contributed by atoms with van der Waals surface area (Å²) in [5, 5.41) is 1.28. The molecule has 5 heteroatoms. The van der Waals surface area contributed by atoms with Gasteiger partial charge in [0, 0.05) is 25.0 Å². The fraction of sp³-hybridized carbons (Fsp3) is 0.842. The van der Waals surface area contributed by atoms with Gasteiger partial charge in [-0.05, 0) is 46.5 Å². The van der Waals surface area contributed by atoms with Crippen LogP contribution in [0, 0.1) is 11.8 Å². The molecular formula is C19H34N2O3. The van der Waals surface area contributed by atoms with Gasteiger partial charge in [0.2, 0.25) is 0 Å². The molecule has 2 rings (SSSR count). The molecule has 0 aromatic heterocycles. The third-order valence-electron chi connectivity index (χ3n) is 5.78. The summed E-state index contributed by atoms with van der Waals surface area (Å²) >= 11 is 0. The zero-order valence-electron chi connectivity index (χ0n) is 16.3. The first kappa shape index (κ1) is 19.4. The maximum absolute atomic E-state index is 12.8. The molecule has 1 aliphatic carbocycles. The Hall–Kier alpha value is -0.910. The quantitative estimate of drug-likeness (QED) is 0.583. The minimum atomic E-state index is -0.591. The minimum Gasteiger partial charge on any atom is -0.350 e. The molecule has 1 saturated heterocycles. The Balaban J connectivity index is 2.33. The van der Waals surface area contributed by atoms with Gasteiger partial charge in [-0.3, -0.25) is 14.5 Å². The van der Waals surface area contributed by atoms with Crippen LogP contribution in [-0.2, 0) is 14.4 Å². The van der Waals surface area contributed by atoms with Crippen molar-refractivity contribution in [3.63, 3.8) is 0 Å². The van der Waals surface area contributed by atoms with E-state index in [0.717, 1.165) is 12.8 Å². The van der Waals surface area contributed by atoms with E-state index in [4.69, 9.17) is 9.57 Å². The molecule has 138 valence electrons. The lowest BCUT2D eigenvalue weighted by molar-refractivity contribution is -0.246. The van der Waals surface area contributed by atoms with Crippen LogP contribution in [0.3, 0.4) is 0 Å². The summed E-state index contributed by atoms with van der Waals surface area (Å²) in [7, 11) is 3.16. The second-order valence-electron chi connectivity index (χ2n) is 8.16. The van der Waals surface area contributed by atoms with Crippen molar-refractivity contribution in [3.05, 3.63) is 11.6 Å². The van der Waals surface area contributed by atoms with Gasteiger partial charge in [0.25, 0.3) is 5.91 Å². The number of carbonyl (C=O) groups excluding carboxylic acids is 1. The number of amides is 1. The molecule has 0 aromatic rings. The second kappa shape index (κ2) is 7.54. The zero-order valence-corrected chi connectivity index (χ0v) is 16.3. The first-order valence-electron chi connectivity index (χ1n) is 9.05. The Labute approximate surface area is 146 Å². The van der Waals surface area contributed by atoms with Gasteiger partial charge in [-0.1, -0.05) is 25.0 Å². The fourth-order valence-electron chi connectivity index (χ4n) is 4.09. The van der Waals surface area contributed by atoms with Gasteiger partial charge < -0.3 is 4.74 Å². The van der Waals surface area contributed by atoms with Crippen molar-refractivity contribution in [2.75, 3.05) is 20.7 Å². The highest BCUT2D eigenvalue weighted by Gasteiger charge is 2.52. The predicted octanol–water partition coefficient (Wildman–Crippen LogP) is 3.21. The number of nitrogens with zero attached hydrogens (tertiary/aromatic N) is 2. The monoisotopic (exact) mass is 338 g/mol. The van der Waals surface area contributed by atoms with Gasteiger partial charge in [0.1, 0.15) is 0 Å². The molecule has 1 amide bonds. The lowest BCUT2D eigenvalue weighted by Crippen LogP contribution is -2.67. The molecule has 0 bridgehead atoms. The molecule has 1 aliphatic heterocycles. The zero-order chi connectivity index (χ0) is 18.1. The van der Waals surface area contributed by atoms with Crippen molar-refractivity contribution in [1.29, 1.82) is 0 Å². The van der Waals surface area contributed by atoms with E-state index >= 15 is 0 Å². The molecule has 0 radical (unpaired) electrons. The van der Waals surface area contributed by atoms with Crippen molar-refractivity contribution in [2.24, 2.45) is 11.8 Å². The van der Waals surface area contributed by atoms with Gasteiger partial charge in [0.15, 0.2) is 6.23 Å². The molecule has 0 aromatic carbocycles. The minimum absolute atomic E-state index is 0.0933. The molecule has 1 saturated carbocycles. The first-order valence-corrected chi connectivity index (χ1v) is 9.05. The van der Waals surface area contributed by atoms with Crippen molar-refractivity contribution < 1.29 is 14.4 Å². The number of rotatable bonds is 4. The van der Waals surface area contributed by atoms with Crippen LogP contribution in [0.5, 0.6) is 0 Å². The predicted molar refractivity (Wildman–Crippen MR) is 95.2 cm³/mol. The van der Waals surface area contributed by atoms with Crippen LogP contribution >= 0.6 is 0 Å². The molecular weight excluding hydrogens is 304 g/mol. The van der Waals surface area contributed by atoms with E-state index in [2.05, 4.69) is 45.6 Å². The lowest BCUT2D eigenvalue weighted by Gasteiger charge is -2.56. The first-order chi connectivity index (χ1) is 11.2. The third kappa shape index (κ3) is 3.84. The number of allylic oxidation sites excluding steroid dienone is 1. The SMILES string of the molecule is CON(C)C(=O)[C@@H]1O[C@@H]2C[C@H](C)CC[C@H]2C(C)(C)N1CC=C(C)C. The normalized spacial score (nSPS) is 32.8. The molecule has 2 fully saturated rings. The molecule has 0 spiro atoms. The summed E-state index contributed by atoms with van der Waals surface area (Å²) in [5.74, 6) is 0.975. The van der Waals surface area contributed by atoms with Crippen LogP contribution in [0.15, 0.2) is 11.6 Å². The molecule has 0 N–H and O–H groups in total. The Bertz CT molecular complexity index is 485. The Kier molecular flexibility index (Phi) is 6.10. The van der Waals surface area contributed by atoms with Crippen molar-refractivity contribution in [2.45, 2.75) is 71.8 Å². The van der Waals surface area contributed by atoms with E-state index in [9.17, 15) is 4.79 Å². The number of fused-ring (bicyclic) bond motifs is 1. The van der Waals surface area contributed by atoms with Gasteiger partial charge in [-0.15, -0.1) is 0 Å². The summed E-state index contributed by atoms with van der Waals surface area (Å²) < 4.78 is 6.35. The number of hydrogen-bond acceptors (Lipinski definition) is 4. The van der Waals surface area contributed by atoms with E-state index in [1.54, 1.807) is 7.05 Å². The van der Waals surface area contributed by atoms with E-state index in [-0.39, 0.29) is 17.6 Å². The summed E-state index contributed by atoms with van der Waals surface area (Å²) in [6.45, 7) is 11.7. The van der Waals surface area contributed by atoms with Crippen molar-refractivity contribution in [1.82, 2.24) is 9.96 Å². The van der Waals surface area contributed by atoms with Gasteiger partial charge in [0.05, 0.1) is 13.2 Å². The van der Waals surface area contributed by atoms with Gasteiger partial charge in [-0.2, -0.15) is 0 Å². The van der Waals surface area contributed by atoms with E-state index in [0.29, 0.717) is 18.4 Å². The Morgan fingerprint density at radius 2 is 2.04 bits per heavy atom. The van der Waals surface area contributed by atoms with Crippen LogP contribution in [0.1, 0.15) is 53.9 Å². The summed E-state index contributed by atoms with van der Waals surface area (Å²) in [6.07, 6.45) is 5.15. The molecule has 1 heterocycles. The topological polar surface area (TPSA) is 42.0 Å². The van der Waals surface area contributed by atoms with E-state index < -0.39 is 6.23 Å². The van der Waals surface area contributed by atoms with Crippen LogP contribution in [-0.4, -0.2) is 54.4 Å². The lowest BCUT2D eigenvalue weighted by atomic mass is 9.69. The number of hydroxylamine groups is 2.